The summed E-state index contributed by atoms with van der Waals surface area (Å²) >= 11 is 0. The number of nitrogens with zero attached hydrogens (tertiary/aromatic N) is 4. The Morgan fingerprint density at radius 3 is 2.54 bits per heavy atom. The van der Waals surface area contributed by atoms with Gasteiger partial charge in [-0.1, -0.05) is 30.3 Å². The van der Waals surface area contributed by atoms with Crippen molar-refractivity contribution in [3.63, 3.8) is 0 Å². The summed E-state index contributed by atoms with van der Waals surface area (Å²) in [6, 6.07) is 12.5. The molecule has 0 saturated heterocycles. The van der Waals surface area contributed by atoms with Crippen molar-refractivity contribution >= 4 is 5.95 Å². The third kappa shape index (κ3) is 4.41. The van der Waals surface area contributed by atoms with Gasteiger partial charge in [0, 0.05) is 30.3 Å². The van der Waals surface area contributed by atoms with Gasteiger partial charge in [-0.3, -0.25) is 0 Å². The van der Waals surface area contributed by atoms with Crippen LogP contribution in [0.4, 0.5) is 5.95 Å². The number of imidazole rings is 1. The maximum atomic E-state index is 4.45. The average molecular weight is 321 g/mol. The summed E-state index contributed by atoms with van der Waals surface area (Å²) < 4.78 is 2.19. The molecule has 0 saturated carbocycles. The van der Waals surface area contributed by atoms with Gasteiger partial charge in [-0.05, 0) is 38.3 Å². The quantitative estimate of drug-likeness (QED) is 0.723. The summed E-state index contributed by atoms with van der Waals surface area (Å²) in [4.78, 5) is 13.3. The lowest BCUT2D eigenvalue weighted by atomic mass is 10.1. The van der Waals surface area contributed by atoms with E-state index in [1.807, 2.05) is 32.3 Å². The molecule has 124 valence electrons. The first-order valence-corrected chi connectivity index (χ1v) is 8.31. The van der Waals surface area contributed by atoms with Crippen molar-refractivity contribution in [3.05, 3.63) is 71.6 Å². The zero-order valence-electron chi connectivity index (χ0n) is 14.2. The van der Waals surface area contributed by atoms with Gasteiger partial charge in [0.1, 0.15) is 5.82 Å². The van der Waals surface area contributed by atoms with E-state index in [2.05, 4.69) is 55.2 Å². The highest BCUT2D eigenvalue weighted by Crippen LogP contribution is 2.08. The predicted octanol–water partition coefficient (Wildman–Crippen LogP) is 3.53. The summed E-state index contributed by atoms with van der Waals surface area (Å²) in [5, 5.41) is 3.27. The van der Waals surface area contributed by atoms with Crippen LogP contribution in [-0.2, 0) is 19.5 Å². The lowest BCUT2D eigenvalue weighted by Crippen LogP contribution is -2.11. The molecule has 0 atom stereocenters. The van der Waals surface area contributed by atoms with Gasteiger partial charge < -0.3 is 9.88 Å². The Morgan fingerprint density at radius 1 is 1.04 bits per heavy atom. The number of benzene rings is 1. The van der Waals surface area contributed by atoms with Gasteiger partial charge in [-0.15, -0.1) is 0 Å². The molecule has 3 aromatic rings. The number of hydrogen-bond donors (Lipinski definition) is 1. The molecule has 0 aliphatic carbocycles. The minimum atomic E-state index is 0.626. The Balaban J connectivity index is 1.55. The molecule has 0 bridgehead atoms. The first-order valence-electron chi connectivity index (χ1n) is 8.31. The fourth-order valence-corrected chi connectivity index (χ4v) is 2.77. The van der Waals surface area contributed by atoms with Crippen LogP contribution in [0, 0.1) is 13.8 Å². The number of hydrogen-bond acceptors (Lipinski definition) is 4. The number of rotatable bonds is 7. The van der Waals surface area contributed by atoms with E-state index in [0.717, 1.165) is 36.6 Å². The largest absolute Gasteiger partial charge is 0.347 e. The summed E-state index contributed by atoms with van der Waals surface area (Å²) in [6.07, 6.45) is 6.05. The van der Waals surface area contributed by atoms with E-state index >= 15 is 0 Å². The second kappa shape index (κ2) is 7.73. The Labute approximate surface area is 142 Å². The lowest BCUT2D eigenvalue weighted by molar-refractivity contribution is 0.615. The van der Waals surface area contributed by atoms with Crippen LogP contribution in [0.25, 0.3) is 0 Å². The first-order chi connectivity index (χ1) is 11.7. The normalized spacial score (nSPS) is 10.8. The third-order valence-electron chi connectivity index (χ3n) is 3.90. The second-order valence-electron chi connectivity index (χ2n) is 5.95. The van der Waals surface area contributed by atoms with Gasteiger partial charge in [0.25, 0.3) is 0 Å². The van der Waals surface area contributed by atoms with Crippen molar-refractivity contribution in [1.82, 2.24) is 19.5 Å². The van der Waals surface area contributed by atoms with Crippen molar-refractivity contribution in [2.24, 2.45) is 0 Å². The summed E-state index contributed by atoms with van der Waals surface area (Å²) in [5.41, 5.74) is 3.31. The van der Waals surface area contributed by atoms with Crippen LogP contribution < -0.4 is 5.32 Å². The number of aryl methyl sites for hydroxylation is 4. The minimum absolute atomic E-state index is 0.626. The van der Waals surface area contributed by atoms with Gasteiger partial charge >= 0.3 is 0 Å². The summed E-state index contributed by atoms with van der Waals surface area (Å²) in [6.45, 7) is 5.54. The average Bonchev–Trinajstić information content (AvgIpc) is 3.01. The van der Waals surface area contributed by atoms with Crippen LogP contribution in [0.5, 0.6) is 0 Å². The highest BCUT2D eigenvalue weighted by Gasteiger charge is 2.05. The van der Waals surface area contributed by atoms with Gasteiger partial charge in [-0.25, -0.2) is 15.0 Å². The zero-order valence-corrected chi connectivity index (χ0v) is 14.2. The SMILES string of the molecule is Cc1cc(C)nc(NCc2nccn2CCCc2ccccc2)n1. The third-order valence-corrected chi connectivity index (χ3v) is 3.90. The molecule has 0 unspecified atom stereocenters. The van der Waals surface area contributed by atoms with Crippen LogP contribution in [0.1, 0.15) is 29.2 Å². The Kier molecular flexibility index (Phi) is 5.21. The van der Waals surface area contributed by atoms with Gasteiger partial charge in [0.15, 0.2) is 0 Å². The lowest BCUT2D eigenvalue weighted by Gasteiger charge is -2.10. The fourth-order valence-electron chi connectivity index (χ4n) is 2.77. The van der Waals surface area contributed by atoms with Crippen molar-refractivity contribution < 1.29 is 0 Å². The molecule has 0 aliphatic rings. The molecule has 24 heavy (non-hydrogen) atoms. The standard InChI is InChI=1S/C19H23N5/c1-15-13-16(2)23-19(22-15)21-14-18-20-10-12-24(18)11-6-9-17-7-4-3-5-8-17/h3-5,7-8,10,12-13H,6,9,11,14H2,1-2H3,(H,21,22,23). The molecule has 0 fully saturated rings. The molecule has 2 aromatic heterocycles. The van der Waals surface area contributed by atoms with Crippen LogP contribution in [0.2, 0.25) is 0 Å². The molecule has 1 N–H and O–H groups in total. The van der Waals surface area contributed by atoms with E-state index in [0.29, 0.717) is 12.5 Å². The van der Waals surface area contributed by atoms with Crippen LogP contribution in [0.15, 0.2) is 48.8 Å². The molecular formula is C19H23N5. The van der Waals surface area contributed by atoms with Crippen molar-refractivity contribution in [2.75, 3.05) is 5.32 Å². The topological polar surface area (TPSA) is 55.6 Å². The van der Waals surface area contributed by atoms with E-state index in [9.17, 15) is 0 Å². The predicted molar refractivity (Wildman–Crippen MR) is 95.8 cm³/mol. The maximum absolute atomic E-state index is 4.45. The monoisotopic (exact) mass is 321 g/mol. The molecule has 5 heteroatoms. The van der Waals surface area contributed by atoms with E-state index < -0.39 is 0 Å². The molecular weight excluding hydrogens is 298 g/mol. The van der Waals surface area contributed by atoms with E-state index in [1.165, 1.54) is 5.56 Å². The Hall–Kier alpha value is -2.69. The molecule has 0 amide bonds. The van der Waals surface area contributed by atoms with E-state index in [4.69, 9.17) is 0 Å². The molecule has 3 rings (SSSR count). The highest BCUT2D eigenvalue weighted by atomic mass is 15.1. The molecule has 1 aromatic carbocycles. The van der Waals surface area contributed by atoms with Crippen molar-refractivity contribution in [2.45, 2.75) is 39.8 Å². The number of nitrogens with one attached hydrogen (secondary N) is 1. The van der Waals surface area contributed by atoms with Gasteiger partial charge in [0.2, 0.25) is 5.95 Å². The molecule has 0 aliphatic heterocycles. The van der Waals surface area contributed by atoms with Crippen LogP contribution in [0.3, 0.4) is 0 Å². The molecule has 0 spiro atoms. The number of anilines is 1. The van der Waals surface area contributed by atoms with Gasteiger partial charge in [-0.2, -0.15) is 0 Å². The summed E-state index contributed by atoms with van der Waals surface area (Å²) in [7, 11) is 0. The van der Waals surface area contributed by atoms with Crippen LogP contribution in [-0.4, -0.2) is 19.5 Å². The second-order valence-corrected chi connectivity index (χ2v) is 5.95. The van der Waals surface area contributed by atoms with E-state index in [-0.39, 0.29) is 0 Å². The smallest absolute Gasteiger partial charge is 0.223 e. The molecule has 5 nitrogen and oxygen atoms in total. The fraction of sp³-hybridized carbons (Fsp3) is 0.316. The van der Waals surface area contributed by atoms with Crippen LogP contribution >= 0.6 is 0 Å². The van der Waals surface area contributed by atoms with Gasteiger partial charge in [0.05, 0.1) is 6.54 Å². The minimum Gasteiger partial charge on any atom is -0.347 e. The highest BCUT2D eigenvalue weighted by molar-refractivity contribution is 5.28. The number of aromatic nitrogens is 4. The van der Waals surface area contributed by atoms with Crippen molar-refractivity contribution in [1.29, 1.82) is 0 Å². The van der Waals surface area contributed by atoms with Crippen molar-refractivity contribution in [3.8, 4) is 0 Å². The maximum Gasteiger partial charge on any atom is 0.223 e. The molecule has 0 radical (unpaired) electrons. The Morgan fingerprint density at radius 2 is 1.79 bits per heavy atom. The molecule has 2 heterocycles. The Bertz CT molecular complexity index is 759. The summed E-state index contributed by atoms with van der Waals surface area (Å²) in [5.74, 6) is 1.66. The van der Waals surface area contributed by atoms with E-state index in [1.54, 1.807) is 0 Å². The first kappa shape index (κ1) is 16.2. The zero-order chi connectivity index (χ0) is 16.8.